The molecule has 5 nitrogen and oxygen atoms in total. The van der Waals surface area contributed by atoms with Gasteiger partial charge in [-0.05, 0) is 38.5 Å². The second-order valence-corrected chi connectivity index (χ2v) is 8.76. The highest BCUT2D eigenvalue weighted by Crippen LogP contribution is 2.57. The number of nitrogens with zero attached hydrogens (tertiary/aromatic N) is 2. The third-order valence-electron chi connectivity index (χ3n) is 5.64. The van der Waals surface area contributed by atoms with Crippen LogP contribution in [0.25, 0.3) is 0 Å². The number of hydrogen-bond donors (Lipinski definition) is 1. The van der Waals surface area contributed by atoms with Crippen molar-refractivity contribution in [2.75, 3.05) is 13.2 Å². The first-order chi connectivity index (χ1) is 10.7. The first kappa shape index (κ1) is 15.1. The predicted octanol–water partition coefficient (Wildman–Crippen LogP) is 3.49. The quantitative estimate of drug-likeness (QED) is 0.744. The molecule has 5 heteroatoms. The maximum Gasteiger partial charge on any atom is 0.162 e. The number of azo groups is 1. The minimum Gasteiger partial charge on any atom is -0.375 e. The minimum atomic E-state index is -0.241. The number of carbonyl (C=O) groups is 1. The van der Waals surface area contributed by atoms with Gasteiger partial charge in [-0.3, -0.25) is 4.79 Å². The van der Waals surface area contributed by atoms with Gasteiger partial charge in [-0.25, -0.2) is 0 Å². The Balaban J connectivity index is 1.88. The molecule has 124 valence electrons. The molecular weight excluding hydrogens is 290 g/mol. The van der Waals surface area contributed by atoms with Crippen molar-refractivity contribution in [3.8, 4) is 0 Å². The van der Waals surface area contributed by atoms with Crippen LogP contribution in [0.1, 0.15) is 53.4 Å². The van der Waals surface area contributed by atoms with Gasteiger partial charge in [0.25, 0.3) is 0 Å². The summed E-state index contributed by atoms with van der Waals surface area (Å²) >= 11 is 0. The highest BCUT2D eigenvalue weighted by atomic mass is 16.5. The first-order valence-electron chi connectivity index (χ1n) is 8.52. The highest BCUT2D eigenvalue weighted by molar-refractivity contribution is 6.00. The van der Waals surface area contributed by atoms with Crippen LogP contribution < -0.4 is 5.32 Å². The summed E-state index contributed by atoms with van der Waals surface area (Å²) in [7, 11) is 0. The molecule has 3 heterocycles. The van der Waals surface area contributed by atoms with Gasteiger partial charge in [-0.2, -0.15) is 5.11 Å². The molecule has 1 fully saturated rings. The summed E-state index contributed by atoms with van der Waals surface area (Å²) in [5.41, 5.74) is 2.79. The lowest BCUT2D eigenvalue weighted by molar-refractivity contribution is -0.122. The van der Waals surface area contributed by atoms with E-state index in [1.807, 2.05) is 0 Å². The summed E-state index contributed by atoms with van der Waals surface area (Å²) in [5.74, 6) is 1.17. The molecule has 1 aliphatic carbocycles. The van der Waals surface area contributed by atoms with E-state index in [4.69, 9.17) is 4.74 Å². The molecular formula is C18H25N3O2. The molecule has 0 aromatic heterocycles. The third-order valence-corrected chi connectivity index (χ3v) is 5.64. The molecule has 4 rings (SSSR count). The standard InChI is InChI=1S/C18H25N3O2/c1-16(2)7-12-14(13(22)8-16)18(5-6-23-17(3,4)10-18)11-9-19-21-15(11)20-12/h20H,5-10H2,1-4H3/t18-/m0/s1. The van der Waals surface area contributed by atoms with Crippen LogP contribution in [0, 0.1) is 10.8 Å². The highest BCUT2D eigenvalue weighted by Gasteiger charge is 2.54. The van der Waals surface area contributed by atoms with E-state index >= 15 is 0 Å². The normalized spacial score (nSPS) is 34.5. The van der Waals surface area contributed by atoms with E-state index in [-0.39, 0.29) is 16.4 Å². The minimum absolute atomic E-state index is 0.00139. The molecule has 1 spiro atoms. The zero-order valence-electron chi connectivity index (χ0n) is 14.5. The summed E-state index contributed by atoms with van der Waals surface area (Å²) in [6.07, 6.45) is 3.19. The lowest BCUT2D eigenvalue weighted by Crippen LogP contribution is -2.50. The number of Topliss-reactive ketones (excluding diaryl/α,β-unsaturated/α-hetero) is 1. The van der Waals surface area contributed by atoms with Crippen LogP contribution in [-0.4, -0.2) is 24.5 Å². The number of hydrogen-bond acceptors (Lipinski definition) is 5. The number of rotatable bonds is 0. The Labute approximate surface area is 137 Å². The average molecular weight is 315 g/mol. The van der Waals surface area contributed by atoms with E-state index in [9.17, 15) is 4.79 Å². The molecule has 0 amide bonds. The van der Waals surface area contributed by atoms with Crippen molar-refractivity contribution >= 4 is 5.78 Å². The number of ether oxygens (including phenoxy) is 1. The van der Waals surface area contributed by atoms with E-state index in [0.29, 0.717) is 25.4 Å². The van der Waals surface area contributed by atoms with Crippen LogP contribution in [0.3, 0.4) is 0 Å². The molecule has 1 N–H and O–H groups in total. The van der Waals surface area contributed by atoms with Gasteiger partial charge in [0.05, 0.1) is 12.1 Å². The van der Waals surface area contributed by atoms with Gasteiger partial charge in [0, 0.05) is 35.3 Å². The summed E-state index contributed by atoms with van der Waals surface area (Å²) < 4.78 is 5.96. The number of ketones is 1. The van der Waals surface area contributed by atoms with E-state index in [1.54, 1.807) is 0 Å². The first-order valence-corrected chi connectivity index (χ1v) is 8.52. The molecule has 0 aromatic carbocycles. The summed E-state index contributed by atoms with van der Waals surface area (Å²) in [4.78, 5) is 13.1. The van der Waals surface area contributed by atoms with Crippen LogP contribution in [-0.2, 0) is 9.53 Å². The number of carbonyl (C=O) groups excluding carboxylic acids is 1. The maximum atomic E-state index is 13.1. The van der Waals surface area contributed by atoms with E-state index in [1.165, 1.54) is 5.57 Å². The van der Waals surface area contributed by atoms with Crippen LogP contribution in [0.4, 0.5) is 0 Å². The van der Waals surface area contributed by atoms with E-state index in [0.717, 1.165) is 36.4 Å². The zero-order chi connectivity index (χ0) is 16.5. The summed E-state index contributed by atoms with van der Waals surface area (Å²) in [6, 6.07) is 0. The predicted molar refractivity (Wildman–Crippen MR) is 86.6 cm³/mol. The Kier molecular flexibility index (Phi) is 2.97. The molecule has 23 heavy (non-hydrogen) atoms. The maximum absolute atomic E-state index is 13.1. The lowest BCUT2D eigenvalue weighted by Gasteiger charge is -2.51. The van der Waals surface area contributed by atoms with Crippen LogP contribution in [0.2, 0.25) is 0 Å². The Hall–Kier alpha value is -1.49. The summed E-state index contributed by atoms with van der Waals surface area (Å²) in [5, 5.41) is 12.0. The van der Waals surface area contributed by atoms with Crippen molar-refractivity contribution in [2.24, 2.45) is 21.1 Å². The lowest BCUT2D eigenvalue weighted by atomic mass is 9.58. The van der Waals surface area contributed by atoms with Gasteiger partial charge < -0.3 is 10.1 Å². The molecule has 0 unspecified atom stereocenters. The second kappa shape index (κ2) is 4.53. The van der Waals surface area contributed by atoms with Gasteiger partial charge in [0.1, 0.15) is 0 Å². The van der Waals surface area contributed by atoms with Gasteiger partial charge >= 0.3 is 0 Å². The Morgan fingerprint density at radius 3 is 2.70 bits per heavy atom. The molecule has 3 aliphatic heterocycles. The Morgan fingerprint density at radius 1 is 1.17 bits per heavy atom. The molecule has 1 atom stereocenters. The van der Waals surface area contributed by atoms with Gasteiger partial charge in [0.2, 0.25) is 0 Å². The van der Waals surface area contributed by atoms with Gasteiger partial charge in [-0.15, -0.1) is 5.11 Å². The molecule has 0 saturated carbocycles. The van der Waals surface area contributed by atoms with Crippen molar-refractivity contribution in [1.82, 2.24) is 5.32 Å². The Bertz CT molecular complexity index is 684. The van der Waals surface area contributed by atoms with Crippen molar-refractivity contribution in [3.05, 3.63) is 22.7 Å². The molecule has 0 radical (unpaired) electrons. The van der Waals surface area contributed by atoms with E-state index < -0.39 is 0 Å². The summed E-state index contributed by atoms with van der Waals surface area (Å²) in [6.45, 7) is 9.85. The third kappa shape index (κ3) is 2.20. The molecule has 0 aromatic rings. The monoisotopic (exact) mass is 315 g/mol. The zero-order valence-corrected chi connectivity index (χ0v) is 14.5. The fraction of sp³-hybridized carbons (Fsp3) is 0.722. The second-order valence-electron chi connectivity index (χ2n) is 8.76. The fourth-order valence-corrected chi connectivity index (χ4v) is 4.91. The van der Waals surface area contributed by atoms with Crippen molar-refractivity contribution in [2.45, 2.75) is 59.0 Å². The van der Waals surface area contributed by atoms with E-state index in [2.05, 4.69) is 43.2 Å². The van der Waals surface area contributed by atoms with Gasteiger partial charge in [0.15, 0.2) is 11.6 Å². The number of allylic oxidation sites excluding steroid dienone is 2. The topological polar surface area (TPSA) is 63.0 Å². The molecule has 0 bridgehead atoms. The number of nitrogens with one attached hydrogen (secondary N) is 1. The smallest absolute Gasteiger partial charge is 0.162 e. The molecule has 4 aliphatic rings. The van der Waals surface area contributed by atoms with Gasteiger partial charge in [-0.1, -0.05) is 13.8 Å². The largest absolute Gasteiger partial charge is 0.375 e. The average Bonchev–Trinajstić information content (AvgIpc) is 2.84. The fourth-order valence-electron chi connectivity index (χ4n) is 4.91. The Morgan fingerprint density at radius 2 is 1.96 bits per heavy atom. The van der Waals surface area contributed by atoms with Crippen molar-refractivity contribution in [3.63, 3.8) is 0 Å². The van der Waals surface area contributed by atoms with Crippen LogP contribution in [0.15, 0.2) is 32.9 Å². The van der Waals surface area contributed by atoms with Crippen LogP contribution >= 0.6 is 0 Å². The van der Waals surface area contributed by atoms with Crippen molar-refractivity contribution < 1.29 is 9.53 Å². The van der Waals surface area contributed by atoms with Crippen molar-refractivity contribution in [1.29, 1.82) is 0 Å². The SMILES string of the molecule is CC1(C)CC(=O)C2=C(C1)NC1=C(CN=N1)[C@@]21CCOC(C)(C)C1. The molecule has 1 saturated heterocycles. The number of dihydropyridines is 1. The number of fused-ring (bicyclic) bond motifs is 2. The van der Waals surface area contributed by atoms with Crippen LogP contribution in [0.5, 0.6) is 0 Å².